The Bertz CT molecular complexity index is 822. The number of hydrogen-bond donors (Lipinski definition) is 1. The molecule has 3 rings (SSSR count). The molecule has 10 heteroatoms. The van der Waals surface area contributed by atoms with Crippen molar-refractivity contribution < 1.29 is 19.4 Å². The van der Waals surface area contributed by atoms with Crippen molar-refractivity contribution in [1.82, 2.24) is 30.0 Å². The number of benzene rings is 1. The van der Waals surface area contributed by atoms with Crippen molar-refractivity contribution in [1.29, 1.82) is 0 Å². The summed E-state index contributed by atoms with van der Waals surface area (Å²) in [6.07, 6.45) is -0.228. The molecule has 0 spiro atoms. The number of aromatic nitrogens is 4. The van der Waals surface area contributed by atoms with E-state index in [1.165, 1.54) is 4.80 Å². The number of tetrazole rings is 1. The molecule has 1 aliphatic rings. The van der Waals surface area contributed by atoms with Crippen LogP contribution in [0.5, 0.6) is 0 Å². The SMILES string of the molecule is Cc1ccc(-c2nnn(CC(=O)N3CCOC(CN(C)CC(=O)O)C3)n2)cc1. The quantitative estimate of drug-likeness (QED) is 0.699. The van der Waals surface area contributed by atoms with E-state index in [9.17, 15) is 9.59 Å². The third-order valence-electron chi connectivity index (χ3n) is 4.45. The van der Waals surface area contributed by atoms with Crippen molar-refractivity contribution in [2.45, 2.75) is 19.6 Å². The van der Waals surface area contributed by atoms with E-state index in [0.717, 1.165) is 11.1 Å². The summed E-state index contributed by atoms with van der Waals surface area (Å²) in [5.74, 6) is -0.544. The zero-order valence-electron chi connectivity index (χ0n) is 16.0. The molecule has 28 heavy (non-hydrogen) atoms. The number of nitrogens with zero attached hydrogens (tertiary/aromatic N) is 6. The van der Waals surface area contributed by atoms with E-state index in [1.54, 1.807) is 16.8 Å². The first kappa shape index (κ1) is 19.9. The molecule has 150 valence electrons. The van der Waals surface area contributed by atoms with E-state index >= 15 is 0 Å². The Balaban J connectivity index is 1.55. The first-order chi connectivity index (χ1) is 13.4. The van der Waals surface area contributed by atoms with Crippen LogP contribution >= 0.6 is 0 Å². The Morgan fingerprint density at radius 3 is 2.79 bits per heavy atom. The third-order valence-corrected chi connectivity index (χ3v) is 4.45. The van der Waals surface area contributed by atoms with E-state index < -0.39 is 5.97 Å². The minimum atomic E-state index is -0.895. The first-order valence-electron chi connectivity index (χ1n) is 9.05. The Kier molecular flexibility index (Phi) is 6.32. The number of carbonyl (C=O) groups is 2. The van der Waals surface area contributed by atoms with Gasteiger partial charge in [-0.25, -0.2) is 0 Å². The summed E-state index contributed by atoms with van der Waals surface area (Å²) in [5, 5.41) is 21.1. The van der Waals surface area contributed by atoms with E-state index in [-0.39, 0.29) is 25.1 Å². The van der Waals surface area contributed by atoms with E-state index in [4.69, 9.17) is 9.84 Å². The fourth-order valence-corrected chi connectivity index (χ4v) is 3.05. The van der Waals surface area contributed by atoms with Gasteiger partial charge in [0.15, 0.2) is 0 Å². The van der Waals surface area contributed by atoms with Crippen molar-refractivity contribution in [3.05, 3.63) is 29.8 Å². The Labute approximate surface area is 162 Å². The number of morpholine rings is 1. The maximum absolute atomic E-state index is 12.6. The molecule has 1 atom stereocenters. The maximum Gasteiger partial charge on any atom is 0.317 e. The predicted molar refractivity (Wildman–Crippen MR) is 99.4 cm³/mol. The molecule has 1 N–H and O–H groups in total. The molecule has 1 aromatic carbocycles. The second-order valence-corrected chi connectivity index (χ2v) is 6.93. The van der Waals surface area contributed by atoms with Crippen molar-refractivity contribution in [3.8, 4) is 11.4 Å². The summed E-state index contributed by atoms with van der Waals surface area (Å²) in [7, 11) is 1.71. The van der Waals surface area contributed by atoms with Gasteiger partial charge in [0.25, 0.3) is 0 Å². The fourth-order valence-electron chi connectivity index (χ4n) is 3.05. The van der Waals surface area contributed by atoms with Crippen molar-refractivity contribution in [2.24, 2.45) is 0 Å². The third kappa shape index (κ3) is 5.33. The highest BCUT2D eigenvalue weighted by atomic mass is 16.5. The van der Waals surface area contributed by atoms with Gasteiger partial charge < -0.3 is 14.7 Å². The number of hydrogen-bond acceptors (Lipinski definition) is 7. The number of ether oxygens (including phenoxy) is 1. The van der Waals surface area contributed by atoms with Crippen LogP contribution in [0.2, 0.25) is 0 Å². The topological polar surface area (TPSA) is 114 Å². The summed E-state index contributed by atoms with van der Waals surface area (Å²) in [5.41, 5.74) is 1.99. The highest BCUT2D eigenvalue weighted by Gasteiger charge is 2.26. The molecule has 0 saturated carbocycles. The summed E-state index contributed by atoms with van der Waals surface area (Å²) < 4.78 is 5.65. The Morgan fingerprint density at radius 2 is 2.07 bits per heavy atom. The van der Waals surface area contributed by atoms with Crippen molar-refractivity contribution in [2.75, 3.05) is 39.8 Å². The van der Waals surface area contributed by atoms with Gasteiger partial charge in [0.1, 0.15) is 6.54 Å². The molecule has 1 saturated heterocycles. The molecule has 10 nitrogen and oxygen atoms in total. The zero-order valence-corrected chi connectivity index (χ0v) is 16.0. The summed E-state index contributed by atoms with van der Waals surface area (Å²) in [4.78, 5) is 28.0. The minimum absolute atomic E-state index is 0.00343. The smallest absolute Gasteiger partial charge is 0.317 e. The fraction of sp³-hybridized carbons (Fsp3) is 0.500. The number of rotatable bonds is 7. The monoisotopic (exact) mass is 388 g/mol. The maximum atomic E-state index is 12.6. The van der Waals surface area contributed by atoms with Crippen molar-refractivity contribution >= 4 is 11.9 Å². The van der Waals surface area contributed by atoms with Gasteiger partial charge in [0.05, 0.1) is 19.3 Å². The molecule has 1 aromatic heterocycles. The molecule has 1 amide bonds. The zero-order chi connectivity index (χ0) is 20.1. The molecule has 2 heterocycles. The van der Waals surface area contributed by atoms with Gasteiger partial charge in [-0.3, -0.25) is 14.5 Å². The lowest BCUT2D eigenvalue weighted by molar-refractivity contribution is -0.143. The molecular weight excluding hydrogens is 364 g/mol. The van der Waals surface area contributed by atoms with Gasteiger partial charge in [-0.2, -0.15) is 4.80 Å². The van der Waals surface area contributed by atoms with Crippen LogP contribution in [0.3, 0.4) is 0 Å². The minimum Gasteiger partial charge on any atom is -0.480 e. The van der Waals surface area contributed by atoms with Crippen LogP contribution in [0.15, 0.2) is 24.3 Å². The van der Waals surface area contributed by atoms with Crippen LogP contribution in [0, 0.1) is 6.92 Å². The van der Waals surface area contributed by atoms with Crippen LogP contribution in [0.4, 0.5) is 0 Å². The second-order valence-electron chi connectivity index (χ2n) is 6.93. The van der Waals surface area contributed by atoms with Gasteiger partial charge in [-0.15, -0.1) is 10.2 Å². The normalized spacial score (nSPS) is 17.1. The molecule has 1 aliphatic heterocycles. The van der Waals surface area contributed by atoms with E-state index in [2.05, 4.69) is 15.4 Å². The van der Waals surface area contributed by atoms with Crippen molar-refractivity contribution in [3.63, 3.8) is 0 Å². The average Bonchev–Trinajstić information content (AvgIpc) is 3.10. The number of aryl methyl sites for hydroxylation is 1. The highest BCUT2D eigenvalue weighted by molar-refractivity contribution is 5.76. The summed E-state index contributed by atoms with van der Waals surface area (Å²) >= 11 is 0. The Morgan fingerprint density at radius 1 is 1.32 bits per heavy atom. The highest BCUT2D eigenvalue weighted by Crippen LogP contribution is 2.14. The molecule has 0 radical (unpaired) electrons. The lowest BCUT2D eigenvalue weighted by Crippen LogP contribution is -2.50. The molecule has 1 fully saturated rings. The predicted octanol–water partition coefficient (Wildman–Crippen LogP) is -0.108. The van der Waals surface area contributed by atoms with Gasteiger partial charge in [-0.1, -0.05) is 29.8 Å². The molecular formula is C18H24N6O4. The van der Waals surface area contributed by atoms with Gasteiger partial charge in [-0.05, 0) is 19.2 Å². The van der Waals surface area contributed by atoms with Crippen LogP contribution in [-0.4, -0.2) is 92.9 Å². The number of carboxylic acid groups (broad SMARTS) is 1. The lowest BCUT2D eigenvalue weighted by atomic mass is 10.1. The van der Waals surface area contributed by atoms with Crippen LogP contribution in [-0.2, 0) is 20.9 Å². The molecule has 0 bridgehead atoms. The average molecular weight is 388 g/mol. The Hall–Kier alpha value is -2.85. The number of carbonyl (C=O) groups excluding carboxylic acids is 1. The molecule has 2 aromatic rings. The summed E-state index contributed by atoms with van der Waals surface area (Å²) in [6, 6.07) is 7.77. The standard InChI is InChI=1S/C18H24N6O4/c1-13-3-5-14(6-4-13)18-19-21-24(20-18)11-16(25)23-7-8-28-15(10-23)9-22(2)12-17(26)27/h3-6,15H,7-12H2,1-2H3,(H,26,27). The molecule has 0 aliphatic carbocycles. The van der Waals surface area contributed by atoms with Gasteiger partial charge in [0.2, 0.25) is 11.7 Å². The number of aliphatic carboxylic acids is 1. The lowest BCUT2D eigenvalue weighted by Gasteiger charge is -2.34. The first-order valence-corrected chi connectivity index (χ1v) is 9.05. The van der Waals surface area contributed by atoms with Crippen LogP contribution in [0.25, 0.3) is 11.4 Å². The van der Waals surface area contributed by atoms with Crippen LogP contribution < -0.4 is 0 Å². The molecule has 1 unspecified atom stereocenters. The van der Waals surface area contributed by atoms with Gasteiger partial charge >= 0.3 is 5.97 Å². The van der Waals surface area contributed by atoms with E-state index in [1.807, 2.05) is 31.2 Å². The van der Waals surface area contributed by atoms with Gasteiger partial charge in [0, 0.05) is 25.2 Å². The van der Waals surface area contributed by atoms with Crippen LogP contribution in [0.1, 0.15) is 5.56 Å². The van der Waals surface area contributed by atoms with E-state index in [0.29, 0.717) is 32.1 Å². The summed E-state index contributed by atoms with van der Waals surface area (Å²) in [6.45, 7) is 3.67. The number of carboxylic acids is 1. The number of likely N-dealkylation sites (N-methyl/N-ethyl adjacent to an activating group) is 1. The largest absolute Gasteiger partial charge is 0.480 e. The number of amides is 1. The second kappa shape index (κ2) is 8.89.